The maximum atomic E-state index is 12.6. The molecule has 1 fully saturated rings. The Kier molecular flexibility index (Phi) is 5.05. The molecule has 116 valence electrons. The molecule has 1 saturated heterocycles. The monoisotopic (exact) mass is 333 g/mol. The second kappa shape index (κ2) is 7.20. The number of hydrogen-bond donors (Lipinski definition) is 0. The summed E-state index contributed by atoms with van der Waals surface area (Å²) in [5.41, 5.74) is 0.736. The summed E-state index contributed by atoms with van der Waals surface area (Å²) in [6.45, 7) is 1.64. The quantitative estimate of drug-likeness (QED) is 0.848. The minimum atomic E-state index is 0.120. The molecule has 0 saturated carbocycles. The molecule has 0 bridgehead atoms. The highest BCUT2D eigenvalue weighted by atomic mass is 32.2. The summed E-state index contributed by atoms with van der Waals surface area (Å²) in [6, 6.07) is 11.7. The van der Waals surface area contributed by atoms with E-state index in [4.69, 9.17) is 4.74 Å². The van der Waals surface area contributed by atoms with Gasteiger partial charge in [0.2, 0.25) is 0 Å². The lowest BCUT2D eigenvalue weighted by molar-refractivity contribution is 0.0766. The van der Waals surface area contributed by atoms with E-state index < -0.39 is 0 Å². The topological polar surface area (TPSA) is 29.5 Å². The van der Waals surface area contributed by atoms with Crippen molar-refractivity contribution in [1.82, 2.24) is 4.90 Å². The third kappa shape index (κ3) is 3.47. The fourth-order valence-electron chi connectivity index (χ4n) is 2.59. The number of nitrogens with zero attached hydrogens (tertiary/aromatic N) is 1. The van der Waals surface area contributed by atoms with Gasteiger partial charge in [-0.2, -0.15) is 11.8 Å². The second-order valence-electron chi connectivity index (χ2n) is 5.18. The molecule has 0 N–H and O–H groups in total. The van der Waals surface area contributed by atoms with Crippen LogP contribution in [0.15, 0.2) is 41.8 Å². The number of rotatable bonds is 3. The summed E-state index contributed by atoms with van der Waals surface area (Å²) in [4.78, 5) is 16.0. The summed E-state index contributed by atoms with van der Waals surface area (Å²) in [5, 5.41) is 2.65. The van der Waals surface area contributed by atoms with Gasteiger partial charge in [0.25, 0.3) is 5.91 Å². The minimum absolute atomic E-state index is 0.120. The number of carbonyl (C=O) groups is 1. The summed E-state index contributed by atoms with van der Waals surface area (Å²) < 4.78 is 5.14. The Labute approximate surface area is 139 Å². The van der Waals surface area contributed by atoms with E-state index in [0.29, 0.717) is 5.25 Å². The standard InChI is InChI=1S/C17H19NO2S2/c1-20-14-6-4-13(5-7-14)17(19)18-9-8-16(22-12-10-18)15-3-2-11-21-15/h2-7,11,16H,8-10,12H2,1H3/t16-/m1/s1. The fraction of sp³-hybridized carbons (Fsp3) is 0.353. The smallest absolute Gasteiger partial charge is 0.253 e. The number of methoxy groups -OCH3 is 1. The van der Waals surface area contributed by atoms with Crippen molar-refractivity contribution in [2.24, 2.45) is 0 Å². The van der Waals surface area contributed by atoms with E-state index in [1.165, 1.54) is 4.88 Å². The van der Waals surface area contributed by atoms with Gasteiger partial charge in [-0.15, -0.1) is 11.3 Å². The summed E-state index contributed by atoms with van der Waals surface area (Å²) in [6.07, 6.45) is 1.02. The predicted molar refractivity (Wildman–Crippen MR) is 93.0 cm³/mol. The molecule has 1 aliphatic rings. The second-order valence-corrected chi connectivity index (χ2v) is 7.47. The first-order valence-corrected chi connectivity index (χ1v) is 9.29. The molecule has 22 heavy (non-hydrogen) atoms. The van der Waals surface area contributed by atoms with E-state index in [1.54, 1.807) is 7.11 Å². The highest BCUT2D eigenvalue weighted by molar-refractivity contribution is 7.99. The van der Waals surface area contributed by atoms with Crippen LogP contribution in [0.4, 0.5) is 0 Å². The van der Waals surface area contributed by atoms with E-state index in [0.717, 1.165) is 36.6 Å². The number of thiophene rings is 1. The molecule has 3 nitrogen and oxygen atoms in total. The molecular formula is C17H19NO2S2. The maximum absolute atomic E-state index is 12.6. The first kappa shape index (κ1) is 15.4. The van der Waals surface area contributed by atoms with Crippen molar-refractivity contribution >= 4 is 29.0 Å². The van der Waals surface area contributed by atoms with Crippen molar-refractivity contribution in [2.75, 3.05) is 26.0 Å². The summed E-state index contributed by atoms with van der Waals surface area (Å²) in [5.74, 6) is 1.89. The lowest BCUT2D eigenvalue weighted by Gasteiger charge is -2.20. The predicted octanol–water partition coefficient (Wildman–Crippen LogP) is 4.08. The number of amides is 1. The third-order valence-electron chi connectivity index (χ3n) is 3.83. The van der Waals surface area contributed by atoms with Crippen LogP contribution in [-0.2, 0) is 0 Å². The zero-order valence-electron chi connectivity index (χ0n) is 12.5. The fourth-order valence-corrected chi connectivity index (χ4v) is 4.83. The van der Waals surface area contributed by atoms with Crippen LogP contribution in [0.3, 0.4) is 0 Å². The van der Waals surface area contributed by atoms with Crippen LogP contribution in [0, 0.1) is 0 Å². The first-order chi connectivity index (χ1) is 10.8. The van der Waals surface area contributed by atoms with Gasteiger partial charge in [0.15, 0.2) is 0 Å². The van der Waals surface area contributed by atoms with Gasteiger partial charge in [-0.25, -0.2) is 0 Å². The third-order valence-corrected chi connectivity index (χ3v) is 6.27. The van der Waals surface area contributed by atoms with Gasteiger partial charge < -0.3 is 9.64 Å². The molecule has 1 aromatic carbocycles. The van der Waals surface area contributed by atoms with Crippen molar-refractivity contribution in [2.45, 2.75) is 11.7 Å². The Hall–Kier alpha value is -1.46. The number of ether oxygens (including phenoxy) is 1. The summed E-state index contributed by atoms with van der Waals surface area (Å²) >= 11 is 3.77. The lowest BCUT2D eigenvalue weighted by Crippen LogP contribution is -2.32. The van der Waals surface area contributed by atoms with Crippen molar-refractivity contribution in [3.63, 3.8) is 0 Å². The first-order valence-electron chi connectivity index (χ1n) is 7.36. The van der Waals surface area contributed by atoms with E-state index in [2.05, 4.69) is 17.5 Å². The molecule has 0 spiro atoms. The lowest BCUT2D eigenvalue weighted by atomic mass is 10.1. The zero-order valence-corrected chi connectivity index (χ0v) is 14.2. The van der Waals surface area contributed by atoms with Gasteiger partial charge in [-0.3, -0.25) is 4.79 Å². The average Bonchev–Trinajstić information content (AvgIpc) is 2.99. The number of thioether (sulfide) groups is 1. The molecule has 1 atom stereocenters. The molecule has 0 radical (unpaired) electrons. The Bertz CT molecular complexity index is 610. The average molecular weight is 333 g/mol. The van der Waals surface area contributed by atoms with Crippen LogP contribution in [0.25, 0.3) is 0 Å². The van der Waals surface area contributed by atoms with Gasteiger partial charge in [-0.1, -0.05) is 6.07 Å². The number of benzene rings is 1. The van der Waals surface area contributed by atoms with Crippen molar-refractivity contribution in [3.05, 3.63) is 52.2 Å². The van der Waals surface area contributed by atoms with Crippen LogP contribution in [0.1, 0.15) is 26.9 Å². The maximum Gasteiger partial charge on any atom is 0.253 e. The Balaban J connectivity index is 1.66. The summed E-state index contributed by atoms with van der Waals surface area (Å²) in [7, 11) is 1.63. The highest BCUT2D eigenvalue weighted by Gasteiger charge is 2.23. The van der Waals surface area contributed by atoms with E-state index >= 15 is 0 Å². The van der Waals surface area contributed by atoms with Crippen LogP contribution in [0.2, 0.25) is 0 Å². The van der Waals surface area contributed by atoms with Crippen LogP contribution >= 0.6 is 23.1 Å². The Morgan fingerprint density at radius 1 is 1.23 bits per heavy atom. The largest absolute Gasteiger partial charge is 0.497 e. The normalized spacial score (nSPS) is 18.8. The van der Waals surface area contributed by atoms with E-state index in [-0.39, 0.29) is 5.91 Å². The number of hydrogen-bond acceptors (Lipinski definition) is 4. The van der Waals surface area contributed by atoms with Crippen LogP contribution in [-0.4, -0.2) is 36.8 Å². The van der Waals surface area contributed by atoms with Gasteiger partial charge in [-0.05, 0) is 42.1 Å². The molecule has 1 aliphatic heterocycles. The van der Waals surface area contributed by atoms with Crippen molar-refractivity contribution in [1.29, 1.82) is 0 Å². The van der Waals surface area contributed by atoms with Crippen LogP contribution in [0.5, 0.6) is 5.75 Å². The molecule has 1 aromatic heterocycles. The molecule has 1 amide bonds. The van der Waals surface area contributed by atoms with E-state index in [9.17, 15) is 4.79 Å². The number of carbonyl (C=O) groups excluding carboxylic acids is 1. The molecule has 3 rings (SSSR count). The molecule has 0 aliphatic carbocycles. The van der Waals surface area contributed by atoms with Crippen molar-refractivity contribution in [3.8, 4) is 5.75 Å². The molecule has 2 heterocycles. The molecule has 0 unspecified atom stereocenters. The van der Waals surface area contributed by atoms with Crippen LogP contribution < -0.4 is 4.74 Å². The minimum Gasteiger partial charge on any atom is -0.497 e. The Morgan fingerprint density at radius 2 is 2.05 bits per heavy atom. The van der Waals surface area contributed by atoms with Gasteiger partial charge in [0, 0.05) is 34.5 Å². The molecular weight excluding hydrogens is 314 g/mol. The van der Waals surface area contributed by atoms with E-state index in [1.807, 2.05) is 52.3 Å². The zero-order chi connectivity index (χ0) is 15.4. The van der Waals surface area contributed by atoms with Gasteiger partial charge >= 0.3 is 0 Å². The highest BCUT2D eigenvalue weighted by Crippen LogP contribution is 2.36. The van der Waals surface area contributed by atoms with Gasteiger partial charge in [0.05, 0.1) is 7.11 Å². The van der Waals surface area contributed by atoms with Gasteiger partial charge in [0.1, 0.15) is 5.75 Å². The van der Waals surface area contributed by atoms with Crippen molar-refractivity contribution < 1.29 is 9.53 Å². The Morgan fingerprint density at radius 3 is 2.73 bits per heavy atom. The molecule has 2 aromatic rings. The molecule has 5 heteroatoms. The SMILES string of the molecule is COc1ccc(C(=O)N2CCS[C@@H](c3cccs3)CC2)cc1.